The highest BCUT2D eigenvalue weighted by atomic mass is 16.3. The van der Waals surface area contributed by atoms with Crippen LogP contribution in [0.5, 0.6) is 11.5 Å². The van der Waals surface area contributed by atoms with Gasteiger partial charge < -0.3 is 10.2 Å². The van der Waals surface area contributed by atoms with Gasteiger partial charge in [0.1, 0.15) is 11.5 Å². The third-order valence-electron chi connectivity index (χ3n) is 3.13. The largest absolute Gasteiger partial charge is 0.508 e. The zero-order chi connectivity index (χ0) is 12.8. The normalized spacial score (nSPS) is 12.4. The number of phenolic OH excluding ortho intramolecular Hbond substituents is 2. The van der Waals surface area contributed by atoms with Crippen molar-refractivity contribution in [2.45, 2.75) is 46.5 Å². The first-order valence-corrected chi connectivity index (χ1v) is 6.24. The molecule has 1 aromatic carbocycles. The number of benzene rings is 1. The van der Waals surface area contributed by atoms with Crippen LogP contribution in [0, 0.1) is 0 Å². The Balaban J connectivity index is 2.85. The molecule has 0 saturated heterocycles. The third kappa shape index (κ3) is 4.14. The quantitative estimate of drug-likeness (QED) is 0.738. The van der Waals surface area contributed by atoms with Crippen molar-refractivity contribution in [3.63, 3.8) is 0 Å². The lowest BCUT2D eigenvalue weighted by atomic mass is 9.98. The highest BCUT2D eigenvalue weighted by molar-refractivity contribution is 5.68. The number of hydrogen-bond donors (Lipinski definition) is 2. The molecule has 0 aliphatic heterocycles. The van der Waals surface area contributed by atoms with Gasteiger partial charge in [-0.25, -0.2) is 0 Å². The topological polar surface area (TPSA) is 40.5 Å². The summed E-state index contributed by atoms with van der Waals surface area (Å²) < 4.78 is 0. The molecule has 0 unspecified atom stereocenters. The number of allylic oxidation sites excluding steroid dienone is 2. The summed E-state index contributed by atoms with van der Waals surface area (Å²) in [5, 5.41) is 18.9. The van der Waals surface area contributed by atoms with E-state index in [0.29, 0.717) is 0 Å². The molecule has 0 aliphatic carbocycles. The summed E-state index contributed by atoms with van der Waals surface area (Å²) in [4.78, 5) is 0. The molecule has 0 radical (unpaired) electrons. The van der Waals surface area contributed by atoms with E-state index in [9.17, 15) is 10.2 Å². The lowest BCUT2D eigenvalue weighted by molar-refractivity contribution is 0.450. The number of rotatable bonds is 5. The van der Waals surface area contributed by atoms with Gasteiger partial charge in [-0.2, -0.15) is 0 Å². The smallest absolute Gasteiger partial charge is 0.119 e. The van der Waals surface area contributed by atoms with Crippen LogP contribution in [0.4, 0.5) is 0 Å². The Labute approximate surface area is 104 Å². The van der Waals surface area contributed by atoms with Crippen LogP contribution in [0.1, 0.15) is 52.0 Å². The Morgan fingerprint density at radius 2 is 1.59 bits per heavy atom. The van der Waals surface area contributed by atoms with Crippen molar-refractivity contribution < 1.29 is 10.2 Å². The van der Waals surface area contributed by atoms with Gasteiger partial charge >= 0.3 is 0 Å². The van der Waals surface area contributed by atoms with Crippen LogP contribution >= 0.6 is 0 Å². The standard InChI is InChI=1S/C15H22O2/c1-4-5-6-7-11(2)12(3)13-8-14(16)10-15(17)9-13/h8-10,16-17H,4-7H2,1-3H3/b12-11+. The maximum absolute atomic E-state index is 9.46. The van der Waals surface area contributed by atoms with Gasteiger partial charge in [-0.05, 0) is 50.0 Å². The Hall–Kier alpha value is -1.44. The fraction of sp³-hybridized carbons (Fsp3) is 0.467. The van der Waals surface area contributed by atoms with Gasteiger partial charge in [0.25, 0.3) is 0 Å². The van der Waals surface area contributed by atoms with Crippen molar-refractivity contribution in [1.29, 1.82) is 0 Å². The zero-order valence-electron chi connectivity index (χ0n) is 11.0. The highest BCUT2D eigenvalue weighted by Gasteiger charge is 2.04. The molecule has 0 heterocycles. The summed E-state index contributed by atoms with van der Waals surface area (Å²) in [5.41, 5.74) is 3.37. The minimum absolute atomic E-state index is 0.112. The Bertz CT molecular complexity index is 385. The summed E-state index contributed by atoms with van der Waals surface area (Å²) in [6, 6.07) is 4.74. The second-order valence-corrected chi connectivity index (χ2v) is 4.60. The molecule has 17 heavy (non-hydrogen) atoms. The van der Waals surface area contributed by atoms with Crippen LogP contribution in [0.15, 0.2) is 23.8 Å². The summed E-state index contributed by atoms with van der Waals surface area (Å²) in [5.74, 6) is 0.224. The molecular formula is C15H22O2. The minimum Gasteiger partial charge on any atom is -0.508 e. The SMILES string of the molecule is CCCCC/C(C)=C(\C)c1cc(O)cc(O)c1. The molecule has 1 rings (SSSR count). The van der Waals surface area contributed by atoms with E-state index in [-0.39, 0.29) is 11.5 Å². The summed E-state index contributed by atoms with van der Waals surface area (Å²) >= 11 is 0. The second-order valence-electron chi connectivity index (χ2n) is 4.60. The van der Waals surface area contributed by atoms with Crippen molar-refractivity contribution in [2.24, 2.45) is 0 Å². The predicted molar refractivity (Wildman–Crippen MR) is 72.2 cm³/mol. The Kier molecular flexibility index (Phi) is 5.08. The lowest BCUT2D eigenvalue weighted by Crippen LogP contribution is -1.87. The molecule has 0 aromatic heterocycles. The van der Waals surface area contributed by atoms with Crippen molar-refractivity contribution in [2.75, 3.05) is 0 Å². The fourth-order valence-corrected chi connectivity index (χ4v) is 1.89. The second kappa shape index (κ2) is 6.33. The Morgan fingerprint density at radius 1 is 1.00 bits per heavy atom. The monoisotopic (exact) mass is 234 g/mol. The first kappa shape index (κ1) is 13.6. The van der Waals surface area contributed by atoms with Gasteiger partial charge in [-0.15, -0.1) is 0 Å². The molecular weight excluding hydrogens is 212 g/mol. The minimum atomic E-state index is 0.112. The lowest BCUT2D eigenvalue weighted by Gasteiger charge is -2.09. The molecule has 0 amide bonds. The third-order valence-corrected chi connectivity index (χ3v) is 3.13. The Morgan fingerprint density at radius 3 is 2.12 bits per heavy atom. The zero-order valence-corrected chi connectivity index (χ0v) is 11.0. The highest BCUT2D eigenvalue weighted by Crippen LogP contribution is 2.28. The first-order chi connectivity index (χ1) is 8.04. The van der Waals surface area contributed by atoms with Gasteiger partial charge in [-0.3, -0.25) is 0 Å². The van der Waals surface area contributed by atoms with Crippen LogP contribution in [0.25, 0.3) is 5.57 Å². The van der Waals surface area contributed by atoms with E-state index < -0.39 is 0 Å². The van der Waals surface area contributed by atoms with E-state index in [1.54, 1.807) is 12.1 Å². The molecule has 2 N–H and O–H groups in total. The van der Waals surface area contributed by atoms with Crippen molar-refractivity contribution in [3.8, 4) is 11.5 Å². The molecule has 0 aliphatic rings. The fourth-order valence-electron chi connectivity index (χ4n) is 1.89. The van der Waals surface area contributed by atoms with Gasteiger partial charge in [0.15, 0.2) is 0 Å². The first-order valence-electron chi connectivity index (χ1n) is 6.24. The molecule has 94 valence electrons. The van der Waals surface area contributed by atoms with Crippen LogP contribution in [-0.4, -0.2) is 10.2 Å². The molecule has 0 atom stereocenters. The van der Waals surface area contributed by atoms with E-state index in [1.165, 1.54) is 30.9 Å². The van der Waals surface area contributed by atoms with E-state index in [4.69, 9.17) is 0 Å². The molecule has 2 heteroatoms. The molecule has 2 nitrogen and oxygen atoms in total. The van der Waals surface area contributed by atoms with E-state index in [0.717, 1.165) is 17.6 Å². The van der Waals surface area contributed by atoms with E-state index >= 15 is 0 Å². The summed E-state index contributed by atoms with van der Waals surface area (Å²) in [6.45, 7) is 6.35. The van der Waals surface area contributed by atoms with Gasteiger partial charge in [-0.1, -0.05) is 25.3 Å². The molecule has 1 aromatic rings. The number of unbranched alkanes of at least 4 members (excludes halogenated alkanes) is 2. The number of phenols is 2. The molecule has 0 fully saturated rings. The van der Waals surface area contributed by atoms with Gasteiger partial charge in [0.2, 0.25) is 0 Å². The van der Waals surface area contributed by atoms with Crippen molar-refractivity contribution >= 4 is 5.57 Å². The van der Waals surface area contributed by atoms with Crippen LogP contribution in [0.3, 0.4) is 0 Å². The van der Waals surface area contributed by atoms with E-state index in [1.807, 2.05) is 6.92 Å². The van der Waals surface area contributed by atoms with Crippen LogP contribution < -0.4 is 0 Å². The van der Waals surface area contributed by atoms with Gasteiger partial charge in [0.05, 0.1) is 0 Å². The molecule has 0 bridgehead atoms. The maximum Gasteiger partial charge on any atom is 0.119 e. The van der Waals surface area contributed by atoms with Crippen LogP contribution in [-0.2, 0) is 0 Å². The summed E-state index contributed by atoms with van der Waals surface area (Å²) in [7, 11) is 0. The van der Waals surface area contributed by atoms with Crippen LogP contribution in [0.2, 0.25) is 0 Å². The molecule has 0 saturated carbocycles. The van der Waals surface area contributed by atoms with Gasteiger partial charge in [0, 0.05) is 6.07 Å². The average Bonchev–Trinajstić information content (AvgIpc) is 2.27. The average molecular weight is 234 g/mol. The number of aromatic hydroxyl groups is 2. The number of hydrogen-bond acceptors (Lipinski definition) is 2. The van der Waals surface area contributed by atoms with Crippen molar-refractivity contribution in [3.05, 3.63) is 29.3 Å². The van der Waals surface area contributed by atoms with Crippen molar-refractivity contribution in [1.82, 2.24) is 0 Å². The maximum atomic E-state index is 9.46. The predicted octanol–water partition coefficient (Wildman–Crippen LogP) is 4.47. The molecule has 0 spiro atoms. The summed E-state index contributed by atoms with van der Waals surface area (Å²) in [6.07, 6.45) is 4.75. The van der Waals surface area contributed by atoms with E-state index in [2.05, 4.69) is 13.8 Å².